The third kappa shape index (κ3) is 2.26. The lowest BCUT2D eigenvalue weighted by Gasteiger charge is -2.14. The summed E-state index contributed by atoms with van der Waals surface area (Å²) in [5.74, 6) is 0. The molecule has 0 saturated carbocycles. The van der Waals surface area contributed by atoms with Crippen molar-refractivity contribution in [1.82, 2.24) is 0 Å². The largest absolute Gasteiger partial charge is 0.0810 e. The second-order valence-electron chi connectivity index (χ2n) is 4.23. The minimum Gasteiger partial charge on any atom is -0.0810 e. The van der Waals surface area contributed by atoms with E-state index in [1.54, 1.807) is 0 Å². The van der Waals surface area contributed by atoms with Crippen LogP contribution in [0.2, 0.25) is 0 Å². The zero-order chi connectivity index (χ0) is 11.5. The van der Waals surface area contributed by atoms with Crippen molar-refractivity contribution in [3.05, 3.63) is 48.5 Å². The van der Waals surface area contributed by atoms with Gasteiger partial charge in [-0.15, -0.1) is 0 Å². The number of hydrogen-bond donors (Lipinski definition) is 0. The van der Waals surface area contributed by atoms with Crippen LogP contribution >= 0.6 is 7.92 Å². The van der Waals surface area contributed by atoms with Crippen molar-refractivity contribution < 1.29 is 0 Å². The van der Waals surface area contributed by atoms with E-state index in [-0.39, 0.29) is 7.92 Å². The molecule has 0 atom stereocenters. The van der Waals surface area contributed by atoms with Crippen molar-refractivity contribution in [1.29, 1.82) is 0 Å². The van der Waals surface area contributed by atoms with Gasteiger partial charge in [0.2, 0.25) is 0 Å². The molecule has 0 heterocycles. The van der Waals surface area contributed by atoms with Crippen LogP contribution in [0.4, 0.5) is 0 Å². The lowest BCUT2D eigenvalue weighted by Crippen LogP contribution is -2.11. The highest BCUT2D eigenvalue weighted by molar-refractivity contribution is 7.64. The second kappa shape index (κ2) is 4.95. The summed E-state index contributed by atoms with van der Waals surface area (Å²) in [6.45, 7) is 4.65. The Bertz CT molecular complexity index is 492. The molecule has 82 valence electrons. The van der Waals surface area contributed by atoms with E-state index in [0.29, 0.717) is 0 Å². The van der Waals surface area contributed by atoms with E-state index in [2.05, 4.69) is 61.9 Å². The summed E-state index contributed by atoms with van der Waals surface area (Å²) in [5, 5.41) is 3.01. The highest BCUT2D eigenvalue weighted by Gasteiger charge is 2.08. The summed E-state index contributed by atoms with van der Waals surface area (Å²) in [5.41, 5.74) is 2.87. The molecule has 2 heteroatoms. The van der Waals surface area contributed by atoms with Crippen LogP contribution in [0, 0.1) is 0 Å². The molecule has 0 aliphatic heterocycles. The Kier molecular flexibility index (Phi) is 3.58. The maximum absolute atomic E-state index is 2.32. The van der Waals surface area contributed by atoms with E-state index in [1.807, 2.05) is 0 Å². The van der Waals surface area contributed by atoms with E-state index < -0.39 is 0 Å². The molecular weight excluding hydrogens is 227 g/mol. The molecule has 0 aliphatic rings. The molecule has 16 heavy (non-hydrogen) atoms. The van der Waals surface area contributed by atoms with Crippen molar-refractivity contribution in [2.24, 2.45) is 0 Å². The Morgan fingerprint density at radius 1 is 0.812 bits per heavy atom. The summed E-state index contributed by atoms with van der Waals surface area (Å²) in [4.78, 5) is 0. The van der Waals surface area contributed by atoms with Crippen LogP contribution in [-0.2, 0) is 0 Å². The van der Waals surface area contributed by atoms with Crippen LogP contribution in [0.3, 0.4) is 0 Å². The van der Waals surface area contributed by atoms with Gasteiger partial charge in [-0.3, -0.25) is 0 Å². The third-order valence-corrected chi connectivity index (χ3v) is 5.05. The van der Waals surface area contributed by atoms with Crippen molar-refractivity contribution in [3.63, 3.8) is 0 Å². The Morgan fingerprint density at radius 3 is 2.00 bits per heavy atom. The minimum absolute atomic E-state index is 0.0369. The maximum atomic E-state index is 2.32. The molecule has 2 rings (SSSR count). The topological polar surface area (TPSA) is 0 Å². The molecule has 0 aliphatic carbocycles. The van der Waals surface area contributed by atoms with Gasteiger partial charge >= 0.3 is 0 Å². The number of hydrogen-bond acceptors (Lipinski definition) is 0. The molecule has 2 aromatic rings. The second-order valence-corrected chi connectivity index (χ2v) is 7.57. The van der Waals surface area contributed by atoms with Gasteiger partial charge in [0, 0.05) is 10.2 Å². The van der Waals surface area contributed by atoms with Crippen LogP contribution in [0.15, 0.2) is 48.5 Å². The predicted octanol–water partition coefficient (Wildman–Crippen LogP) is 1.71. The van der Waals surface area contributed by atoms with E-state index in [4.69, 9.17) is 0 Å². The molecule has 0 fully saturated rings. The van der Waals surface area contributed by atoms with Gasteiger partial charge in [-0.25, -0.2) is 0 Å². The van der Waals surface area contributed by atoms with Crippen LogP contribution in [0.1, 0.15) is 0 Å². The molecule has 0 unspecified atom stereocenters. The summed E-state index contributed by atoms with van der Waals surface area (Å²) in [6.07, 6.45) is 0. The fourth-order valence-electron chi connectivity index (χ4n) is 1.97. The van der Waals surface area contributed by atoms with Gasteiger partial charge in [-0.1, -0.05) is 61.6 Å². The number of rotatable bonds is 2. The fourth-order valence-corrected chi connectivity index (χ4v) is 3.66. The number of benzene rings is 2. The van der Waals surface area contributed by atoms with Crippen molar-refractivity contribution in [2.75, 3.05) is 13.3 Å². The maximum Gasteiger partial charge on any atom is 0.0393 e. The minimum atomic E-state index is -0.0369. The Balaban J connectivity index is 2.60. The molecule has 0 bridgehead atoms. The van der Waals surface area contributed by atoms with Gasteiger partial charge in [0.15, 0.2) is 0 Å². The first-order valence-electron chi connectivity index (χ1n) is 5.52. The Morgan fingerprint density at radius 2 is 1.38 bits per heavy atom. The van der Waals surface area contributed by atoms with Gasteiger partial charge in [0.1, 0.15) is 0 Å². The molecule has 2 aromatic carbocycles. The molecule has 0 amide bonds. The average molecular weight is 244 g/mol. The van der Waals surface area contributed by atoms with Gasteiger partial charge in [0.05, 0.1) is 0 Å². The van der Waals surface area contributed by atoms with Crippen molar-refractivity contribution in [3.8, 4) is 11.1 Å². The lowest BCUT2D eigenvalue weighted by atomic mass is 10.1. The van der Waals surface area contributed by atoms with Gasteiger partial charge < -0.3 is 0 Å². The molecule has 0 nitrogen and oxygen atoms in total. The monoisotopic (exact) mass is 244 g/mol. The third-order valence-electron chi connectivity index (χ3n) is 2.82. The lowest BCUT2D eigenvalue weighted by molar-refractivity contribution is 1.68. The van der Waals surface area contributed by atoms with Crippen molar-refractivity contribution in [2.45, 2.75) is 0 Å². The normalized spacial score (nSPS) is 10.9. The van der Waals surface area contributed by atoms with E-state index in [1.165, 1.54) is 21.6 Å². The molecular formula is C14H17PSi. The molecule has 0 saturated heterocycles. The van der Waals surface area contributed by atoms with Crippen LogP contribution in [0.5, 0.6) is 0 Å². The molecule has 0 radical (unpaired) electrons. The highest BCUT2D eigenvalue weighted by atomic mass is 31.1. The molecule has 0 N–H and O–H groups in total. The van der Waals surface area contributed by atoms with Crippen LogP contribution in [-0.4, -0.2) is 23.6 Å². The first kappa shape index (κ1) is 11.6. The Hall–Kier alpha value is -0.913. The van der Waals surface area contributed by atoms with Gasteiger partial charge in [0.25, 0.3) is 0 Å². The quantitative estimate of drug-likeness (QED) is 0.557. The fraction of sp³-hybridized carbons (Fsp3) is 0.143. The summed E-state index contributed by atoms with van der Waals surface area (Å²) < 4.78 is 0. The summed E-state index contributed by atoms with van der Waals surface area (Å²) in [7, 11) is 1.07. The van der Waals surface area contributed by atoms with E-state index in [9.17, 15) is 0 Å². The summed E-state index contributed by atoms with van der Waals surface area (Å²) in [6, 6.07) is 17.6. The zero-order valence-corrected chi connectivity index (χ0v) is 13.0. The Labute approximate surface area is 102 Å². The van der Waals surface area contributed by atoms with Gasteiger partial charge in [-0.05, 0) is 29.8 Å². The molecule has 0 spiro atoms. The predicted molar refractivity (Wildman–Crippen MR) is 79.9 cm³/mol. The van der Waals surface area contributed by atoms with Gasteiger partial charge in [-0.2, -0.15) is 0 Å². The van der Waals surface area contributed by atoms with Crippen LogP contribution < -0.4 is 10.5 Å². The average Bonchev–Trinajstić information content (AvgIpc) is 2.29. The van der Waals surface area contributed by atoms with E-state index >= 15 is 0 Å². The van der Waals surface area contributed by atoms with Crippen LogP contribution in [0.25, 0.3) is 11.1 Å². The zero-order valence-electron chi connectivity index (χ0n) is 10.1. The SMILES string of the molecule is CP(C)c1ccccc1-c1ccccc1[SiH3]. The van der Waals surface area contributed by atoms with Crippen molar-refractivity contribution >= 4 is 28.7 Å². The highest BCUT2D eigenvalue weighted by Crippen LogP contribution is 2.29. The first-order chi connectivity index (χ1) is 7.70. The first-order valence-corrected chi connectivity index (χ1v) is 8.76. The van der Waals surface area contributed by atoms with E-state index in [0.717, 1.165) is 10.2 Å². The smallest absolute Gasteiger partial charge is 0.0393 e. The molecule has 0 aromatic heterocycles. The standard InChI is InChI=1S/C14H17PSi/c1-15(2)13-9-5-3-7-11(13)12-8-4-6-10-14(12)16/h3-10H,1-2,16H3. The summed E-state index contributed by atoms with van der Waals surface area (Å²) >= 11 is 0.